The Bertz CT molecular complexity index is 983. The topological polar surface area (TPSA) is 70.1 Å². The fourth-order valence-corrected chi connectivity index (χ4v) is 3.59. The molecule has 2 amide bonds. The number of halogens is 1. The van der Waals surface area contributed by atoms with Gasteiger partial charge in [-0.3, -0.25) is 19.4 Å². The summed E-state index contributed by atoms with van der Waals surface area (Å²) in [6.45, 7) is 3.31. The van der Waals surface area contributed by atoms with Gasteiger partial charge in [-0.1, -0.05) is 29.3 Å². The Morgan fingerprint density at radius 1 is 0.963 bits per heavy atom. The maximum absolute atomic E-state index is 13.1. The summed E-state index contributed by atoms with van der Waals surface area (Å²) in [6, 6.07) is 13.0. The zero-order valence-electron chi connectivity index (χ0n) is 14.7. The lowest BCUT2D eigenvalue weighted by atomic mass is 9.95. The number of hydrogen-bond donors (Lipinski definition) is 0. The number of carbonyl (C=O) groups is 3. The van der Waals surface area contributed by atoms with Crippen LogP contribution in [-0.2, 0) is 14.4 Å². The van der Waals surface area contributed by atoms with Crippen LogP contribution in [0.3, 0.4) is 0 Å². The van der Waals surface area contributed by atoms with Gasteiger partial charge in [0.25, 0.3) is 5.91 Å². The van der Waals surface area contributed by atoms with Crippen LogP contribution in [0.25, 0.3) is 0 Å². The van der Waals surface area contributed by atoms with Gasteiger partial charge in [-0.2, -0.15) is 5.10 Å². The summed E-state index contributed by atoms with van der Waals surface area (Å²) in [5, 5.41) is 6.31. The number of hydrazone groups is 1. The molecular formula is C20H16ClN3O3. The Labute approximate surface area is 161 Å². The van der Waals surface area contributed by atoms with Gasteiger partial charge >= 0.3 is 0 Å². The Balaban J connectivity index is 1.79. The third kappa shape index (κ3) is 2.73. The van der Waals surface area contributed by atoms with E-state index >= 15 is 0 Å². The number of nitrogens with zero attached hydrogens (tertiary/aromatic N) is 3. The molecule has 27 heavy (non-hydrogen) atoms. The van der Waals surface area contributed by atoms with Crippen molar-refractivity contribution < 1.29 is 14.4 Å². The number of aryl methyl sites for hydroxylation is 1. The predicted octanol–water partition coefficient (Wildman–Crippen LogP) is 2.97. The van der Waals surface area contributed by atoms with Crippen LogP contribution in [0.15, 0.2) is 53.6 Å². The van der Waals surface area contributed by atoms with Gasteiger partial charge in [0.05, 0.1) is 11.4 Å². The number of benzene rings is 2. The minimum atomic E-state index is -0.910. The molecule has 0 aromatic heterocycles. The van der Waals surface area contributed by atoms with Crippen molar-refractivity contribution in [1.82, 2.24) is 0 Å². The molecule has 2 atom stereocenters. The number of anilines is 2. The number of carbonyl (C=O) groups excluding carboxylic acids is 3. The van der Waals surface area contributed by atoms with Gasteiger partial charge in [-0.05, 0) is 43.3 Å². The van der Waals surface area contributed by atoms with Gasteiger partial charge in [0.2, 0.25) is 5.91 Å². The molecule has 0 radical (unpaired) electrons. The van der Waals surface area contributed by atoms with E-state index in [-0.39, 0.29) is 11.5 Å². The van der Waals surface area contributed by atoms with E-state index in [0.717, 1.165) is 10.5 Å². The van der Waals surface area contributed by atoms with E-state index in [0.29, 0.717) is 16.4 Å². The van der Waals surface area contributed by atoms with Crippen molar-refractivity contribution in [3.63, 3.8) is 0 Å². The molecule has 2 aliphatic rings. The van der Waals surface area contributed by atoms with Crippen molar-refractivity contribution in [1.29, 1.82) is 0 Å². The van der Waals surface area contributed by atoms with Crippen LogP contribution in [0.4, 0.5) is 11.4 Å². The van der Waals surface area contributed by atoms with E-state index in [1.165, 1.54) is 11.9 Å². The lowest BCUT2D eigenvalue weighted by Gasteiger charge is -2.22. The van der Waals surface area contributed by atoms with Crippen molar-refractivity contribution in [3.05, 3.63) is 59.1 Å². The number of Topliss-reactive ketones (excluding diaryl/α,β-unsaturated/α-hetero) is 1. The van der Waals surface area contributed by atoms with Crippen LogP contribution in [-0.4, -0.2) is 29.4 Å². The Hall–Kier alpha value is -2.99. The third-order valence-electron chi connectivity index (χ3n) is 4.79. The van der Waals surface area contributed by atoms with Crippen LogP contribution >= 0.6 is 11.6 Å². The maximum Gasteiger partial charge on any atom is 0.259 e. The predicted molar refractivity (Wildman–Crippen MR) is 103 cm³/mol. The van der Waals surface area contributed by atoms with Crippen molar-refractivity contribution in [2.45, 2.75) is 19.9 Å². The molecule has 136 valence electrons. The zero-order valence-corrected chi connectivity index (χ0v) is 15.5. The van der Waals surface area contributed by atoms with Crippen LogP contribution in [0.2, 0.25) is 5.02 Å². The Kier molecular flexibility index (Phi) is 4.08. The number of fused-ring (bicyclic) bond motifs is 1. The summed E-state index contributed by atoms with van der Waals surface area (Å²) >= 11 is 5.91. The number of imide groups is 1. The number of rotatable bonds is 3. The fourth-order valence-electron chi connectivity index (χ4n) is 3.46. The second kappa shape index (κ2) is 6.32. The van der Waals surface area contributed by atoms with Crippen LogP contribution < -0.4 is 9.91 Å². The molecule has 2 aromatic rings. The molecule has 1 saturated heterocycles. The summed E-state index contributed by atoms with van der Waals surface area (Å²) in [5.74, 6) is -2.09. The van der Waals surface area contributed by atoms with E-state index in [1.54, 1.807) is 24.3 Å². The van der Waals surface area contributed by atoms with Crippen LogP contribution in [0, 0.1) is 12.8 Å². The molecule has 0 spiro atoms. The van der Waals surface area contributed by atoms with Crippen LogP contribution in [0.1, 0.15) is 12.5 Å². The largest absolute Gasteiger partial charge is 0.293 e. The lowest BCUT2D eigenvalue weighted by Crippen LogP contribution is -2.39. The number of amides is 2. The standard InChI is InChI=1S/C20H16ClN3O3/c1-11-3-7-15(8-4-11)24-18-16(17(22-24)12(2)25)19(26)23(20(18)27)14-9-5-13(21)6-10-14/h3-10,16,18H,1-2H3/t16-,18-/m0/s1. The minimum absolute atomic E-state index is 0.107. The van der Waals surface area contributed by atoms with Crippen molar-refractivity contribution in [2.24, 2.45) is 11.0 Å². The summed E-state index contributed by atoms with van der Waals surface area (Å²) in [7, 11) is 0. The highest BCUT2D eigenvalue weighted by atomic mass is 35.5. The lowest BCUT2D eigenvalue weighted by molar-refractivity contribution is -0.122. The van der Waals surface area contributed by atoms with Crippen LogP contribution in [0.5, 0.6) is 0 Å². The SMILES string of the molecule is CC(=O)C1=NN(c2ccc(C)cc2)[C@@H]2C(=O)N(c3ccc(Cl)cc3)C(=O)[C@@H]12. The molecular weight excluding hydrogens is 366 g/mol. The number of hydrogen-bond acceptors (Lipinski definition) is 5. The first-order chi connectivity index (χ1) is 12.9. The number of ketones is 1. The van der Waals surface area contributed by atoms with E-state index in [4.69, 9.17) is 11.6 Å². The Morgan fingerprint density at radius 2 is 1.56 bits per heavy atom. The average Bonchev–Trinajstić information content (AvgIpc) is 3.15. The minimum Gasteiger partial charge on any atom is -0.293 e. The van der Waals surface area contributed by atoms with E-state index < -0.39 is 23.8 Å². The summed E-state index contributed by atoms with van der Waals surface area (Å²) in [4.78, 5) is 39.4. The molecule has 0 aliphatic carbocycles. The molecule has 4 rings (SSSR count). The Morgan fingerprint density at radius 3 is 2.15 bits per heavy atom. The highest BCUT2D eigenvalue weighted by molar-refractivity contribution is 6.48. The van der Waals surface area contributed by atoms with Crippen molar-refractivity contribution in [3.8, 4) is 0 Å². The van der Waals surface area contributed by atoms with Gasteiger partial charge in [-0.15, -0.1) is 0 Å². The molecule has 2 heterocycles. The molecule has 6 nitrogen and oxygen atoms in total. The molecule has 0 saturated carbocycles. The van der Waals surface area contributed by atoms with E-state index in [9.17, 15) is 14.4 Å². The van der Waals surface area contributed by atoms with E-state index in [2.05, 4.69) is 5.10 Å². The van der Waals surface area contributed by atoms with Crippen molar-refractivity contribution >= 4 is 46.3 Å². The average molecular weight is 382 g/mol. The van der Waals surface area contributed by atoms with Gasteiger partial charge in [-0.25, -0.2) is 4.90 Å². The molecule has 7 heteroatoms. The highest BCUT2D eigenvalue weighted by Gasteiger charge is 2.58. The van der Waals surface area contributed by atoms with Gasteiger partial charge < -0.3 is 0 Å². The summed E-state index contributed by atoms with van der Waals surface area (Å²) in [5.41, 5.74) is 2.25. The van der Waals surface area contributed by atoms with Gasteiger partial charge in [0.15, 0.2) is 5.78 Å². The first-order valence-corrected chi connectivity index (χ1v) is 8.85. The first-order valence-electron chi connectivity index (χ1n) is 8.47. The second-order valence-corrected chi connectivity index (χ2v) is 7.07. The summed E-state index contributed by atoms with van der Waals surface area (Å²) in [6.07, 6.45) is 0. The highest BCUT2D eigenvalue weighted by Crippen LogP contribution is 2.38. The van der Waals surface area contributed by atoms with E-state index in [1.807, 2.05) is 31.2 Å². The zero-order chi connectivity index (χ0) is 19.3. The summed E-state index contributed by atoms with van der Waals surface area (Å²) < 4.78 is 0. The normalized spacial score (nSPS) is 21.5. The monoisotopic (exact) mass is 381 g/mol. The molecule has 1 fully saturated rings. The smallest absolute Gasteiger partial charge is 0.259 e. The third-order valence-corrected chi connectivity index (χ3v) is 5.05. The molecule has 0 unspecified atom stereocenters. The molecule has 2 aliphatic heterocycles. The molecule has 0 bridgehead atoms. The van der Waals surface area contributed by atoms with Gasteiger partial charge in [0.1, 0.15) is 17.7 Å². The maximum atomic E-state index is 13.1. The molecule has 2 aromatic carbocycles. The molecule has 0 N–H and O–H groups in total. The quantitative estimate of drug-likeness (QED) is 0.766. The second-order valence-electron chi connectivity index (χ2n) is 6.63. The fraction of sp³-hybridized carbons (Fsp3) is 0.200. The van der Waals surface area contributed by atoms with Gasteiger partial charge in [0, 0.05) is 11.9 Å². The first kappa shape index (κ1) is 17.4. The van der Waals surface area contributed by atoms with Crippen molar-refractivity contribution in [2.75, 3.05) is 9.91 Å².